The largest absolute Gasteiger partial charge is 0.493 e. The number of rotatable bonds is 2. The van der Waals surface area contributed by atoms with Crippen LogP contribution in [0.5, 0.6) is 5.75 Å². The Morgan fingerprint density at radius 1 is 1.22 bits per heavy atom. The van der Waals surface area contributed by atoms with Crippen molar-refractivity contribution in [1.29, 1.82) is 0 Å². The molecular formula is C14H14N2O2. The molecule has 92 valence electrons. The molecule has 1 unspecified atom stereocenters. The third kappa shape index (κ3) is 2.07. The number of hydrogen-bond donors (Lipinski definition) is 1. The van der Waals surface area contributed by atoms with Gasteiger partial charge >= 0.3 is 0 Å². The molecule has 0 spiro atoms. The molecule has 1 aromatic heterocycles. The quantitative estimate of drug-likeness (QED) is 0.870. The van der Waals surface area contributed by atoms with E-state index in [1.807, 2.05) is 18.2 Å². The molecule has 3 rings (SSSR count). The molecule has 0 amide bonds. The van der Waals surface area contributed by atoms with Gasteiger partial charge in [0.1, 0.15) is 11.6 Å². The van der Waals surface area contributed by atoms with Crippen LogP contribution in [-0.4, -0.2) is 21.7 Å². The molecule has 2 heterocycles. The standard InChI is InChI=1S/C14H14N2O2/c17-8-10-6-15-14(16-7-10)12-5-11-3-1-2-4-13(11)18-9-12/h1-4,6-7,12,17H,5,8-9H2. The first-order valence-electron chi connectivity index (χ1n) is 5.99. The number of hydrogen-bond acceptors (Lipinski definition) is 4. The Labute approximate surface area is 105 Å². The fraction of sp³-hybridized carbons (Fsp3) is 0.286. The van der Waals surface area contributed by atoms with Crippen molar-refractivity contribution in [1.82, 2.24) is 9.97 Å². The van der Waals surface area contributed by atoms with Crippen molar-refractivity contribution in [3.8, 4) is 5.75 Å². The Kier molecular flexibility index (Phi) is 2.94. The van der Waals surface area contributed by atoms with E-state index in [9.17, 15) is 0 Å². The summed E-state index contributed by atoms with van der Waals surface area (Å²) in [5, 5.41) is 8.96. The zero-order chi connectivity index (χ0) is 12.4. The highest BCUT2D eigenvalue weighted by Gasteiger charge is 2.22. The van der Waals surface area contributed by atoms with Gasteiger partial charge in [-0.25, -0.2) is 9.97 Å². The van der Waals surface area contributed by atoms with Gasteiger partial charge in [0.05, 0.1) is 19.1 Å². The van der Waals surface area contributed by atoms with Crippen LogP contribution in [0.1, 0.15) is 22.9 Å². The second-order valence-electron chi connectivity index (χ2n) is 4.43. The molecule has 1 N–H and O–H groups in total. The minimum Gasteiger partial charge on any atom is -0.493 e. The maximum Gasteiger partial charge on any atom is 0.135 e. The Bertz CT molecular complexity index is 540. The van der Waals surface area contributed by atoms with Gasteiger partial charge in [0, 0.05) is 18.0 Å². The summed E-state index contributed by atoms with van der Waals surface area (Å²) in [4.78, 5) is 8.59. The Morgan fingerprint density at radius 3 is 2.78 bits per heavy atom. The number of benzene rings is 1. The third-order valence-corrected chi connectivity index (χ3v) is 3.15. The second-order valence-corrected chi connectivity index (χ2v) is 4.43. The average molecular weight is 242 g/mol. The maximum atomic E-state index is 8.96. The van der Waals surface area contributed by atoms with Crippen molar-refractivity contribution in [2.75, 3.05) is 6.61 Å². The number of nitrogens with zero attached hydrogens (tertiary/aromatic N) is 2. The van der Waals surface area contributed by atoms with Crippen LogP contribution < -0.4 is 4.74 Å². The zero-order valence-corrected chi connectivity index (χ0v) is 9.91. The van der Waals surface area contributed by atoms with E-state index < -0.39 is 0 Å². The van der Waals surface area contributed by atoms with E-state index in [-0.39, 0.29) is 12.5 Å². The molecule has 4 nitrogen and oxygen atoms in total. The Hall–Kier alpha value is -1.94. The molecule has 2 aromatic rings. The summed E-state index contributed by atoms with van der Waals surface area (Å²) >= 11 is 0. The minimum absolute atomic E-state index is 0.0235. The lowest BCUT2D eigenvalue weighted by molar-refractivity contribution is 0.257. The van der Waals surface area contributed by atoms with Crippen molar-refractivity contribution in [2.45, 2.75) is 18.9 Å². The Balaban J connectivity index is 1.82. The highest BCUT2D eigenvalue weighted by molar-refractivity contribution is 5.36. The first-order valence-corrected chi connectivity index (χ1v) is 5.99. The fourth-order valence-electron chi connectivity index (χ4n) is 2.15. The van der Waals surface area contributed by atoms with Crippen molar-refractivity contribution >= 4 is 0 Å². The van der Waals surface area contributed by atoms with Crippen LogP contribution in [0.25, 0.3) is 0 Å². The van der Waals surface area contributed by atoms with Crippen molar-refractivity contribution in [3.63, 3.8) is 0 Å². The van der Waals surface area contributed by atoms with Gasteiger partial charge in [0.2, 0.25) is 0 Å². The average Bonchev–Trinajstić information content (AvgIpc) is 2.47. The predicted molar refractivity (Wildman–Crippen MR) is 66.3 cm³/mol. The number of aromatic nitrogens is 2. The molecule has 0 saturated carbocycles. The third-order valence-electron chi connectivity index (χ3n) is 3.15. The fourth-order valence-corrected chi connectivity index (χ4v) is 2.15. The molecule has 1 aliphatic rings. The van der Waals surface area contributed by atoms with Crippen LogP contribution in [0.4, 0.5) is 0 Å². The molecule has 4 heteroatoms. The lowest BCUT2D eigenvalue weighted by atomic mass is 9.96. The van der Waals surface area contributed by atoms with Crippen LogP contribution in [0.15, 0.2) is 36.7 Å². The first kappa shape index (κ1) is 11.2. The van der Waals surface area contributed by atoms with E-state index >= 15 is 0 Å². The van der Waals surface area contributed by atoms with Gasteiger partial charge in [0.15, 0.2) is 0 Å². The molecule has 1 atom stereocenters. The van der Waals surface area contributed by atoms with E-state index in [0.29, 0.717) is 6.61 Å². The highest BCUT2D eigenvalue weighted by atomic mass is 16.5. The number of fused-ring (bicyclic) bond motifs is 1. The summed E-state index contributed by atoms with van der Waals surface area (Å²) < 4.78 is 5.72. The molecule has 0 fully saturated rings. The van der Waals surface area contributed by atoms with Gasteiger partial charge in [-0.3, -0.25) is 0 Å². The van der Waals surface area contributed by atoms with Crippen LogP contribution in [0.2, 0.25) is 0 Å². The second kappa shape index (κ2) is 4.74. The predicted octanol–water partition coefficient (Wildman–Crippen LogP) is 1.69. The SMILES string of the molecule is OCc1cnc(C2COc3ccccc3C2)nc1. The molecule has 0 bridgehead atoms. The van der Waals surface area contributed by atoms with Gasteiger partial charge in [-0.2, -0.15) is 0 Å². The number of aliphatic hydroxyl groups is 1. The van der Waals surface area contributed by atoms with Gasteiger partial charge < -0.3 is 9.84 Å². The van der Waals surface area contributed by atoms with Crippen molar-refractivity contribution in [3.05, 3.63) is 53.6 Å². The normalized spacial score (nSPS) is 17.9. The van der Waals surface area contributed by atoms with E-state index in [1.165, 1.54) is 5.56 Å². The van der Waals surface area contributed by atoms with Crippen LogP contribution in [0.3, 0.4) is 0 Å². The minimum atomic E-state index is -0.0235. The van der Waals surface area contributed by atoms with Crippen LogP contribution >= 0.6 is 0 Å². The summed E-state index contributed by atoms with van der Waals surface area (Å²) in [5.74, 6) is 1.93. The molecular weight excluding hydrogens is 228 g/mol. The Morgan fingerprint density at radius 2 is 2.00 bits per heavy atom. The van der Waals surface area contributed by atoms with Crippen molar-refractivity contribution in [2.24, 2.45) is 0 Å². The summed E-state index contributed by atoms with van der Waals surface area (Å²) in [6.45, 7) is 0.583. The molecule has 0 radical (unpaired) electrons. The topological polar surface area (TPSA) is 55.2 Å². The van der Waals surface area contributed by atoms with E-state index in [1.54, 1.807) is 12.4 Å². The number of ether oxygens (including phenoxy) is 1. The molecule has 0 saturated heterocycles. The molecule has 0 aliphatic carbocycles. The zero-order valence-electron chi connectivity index (χ0n) is 9.91. The van der Waals surface area contributed by atoms with Crippen molar-refractivity contribution < 1.29 is 9.84 Å². The number of para-hydroxylation sites is 1. The maximum absolute atomic E-state index is 8.96. The molecule has 18 heavy (non-hydrogen) atoms. The highest BCUT2D eigenvalue weighted by Crippen LogP contribution is 2.30. The summed E-state index contributed by atoms with van der Waals surface area (Å²) in [6.07, 6.45) is 4.24. The summed E-state index contributed by atoms with van der Waals surface area (Å²) in [5.41, 5.74) is 1.93. The monoisotopic (exact) mass is 242 g/mol. The smallest absolute Gasteiger partial charge is 0.135 e. The first-order chi connectivity index (χ1) is 8.86. The lowest BCUT2D eigenvalue weighted by Crippen LogP contribution is -2.21. The van der Waals surface area contributed by atoms with Gasteiger partial charge in [-0.15, -0.1) is 0 Å². The van der Waals surface area contributed by atoms with Crippen LogP contribution in [0, 0.1) is 0 Å². The van der Waals surface area contributed by atoms with E-state index in [2.05, 4.69) is 16.0 Å². The molecule has 1 aliphatic heterocycles. The van der Waals surface area contributed by atoms with Gasteiger partial charge in [-0.1, -0.05) is 18.2 Å². The number of aliphatic hydroxyl groups excluding tert-OH is 1. The lowest BCUT2D eigenvalue weighted by Gasteiger charge is -2.24. The van der Waals surface area contributed by atoms with Gasteiger partial charge in [0.25, 0.3) is 0 Å². The molecule has 1 aromatic carbocycles. The van der Waals surface area contributed by atoms with Gasteiger partial charge in [-0.05, 0) is 18.1 Å². The van der Waals surface area contributed by atoms with E-state index in [0.717, 1.165) is 23.6 Å². The summed E-state index contributed by atoms with van der Waals surface area (Å²) in [7, 11) is 0. The van der Waals surface area contributed by atoms with E-state index in [4.69, 9.17) is 9.84 Å². The van der Waals surface area contributed by atoms with Crippen LogP contribution in [-0.2, 0) is 13.0 Å². The summed E-state index contributed by atoms with van der Waals surface area (Å²) in [6, 6.07) is 8.05.